The van der Waals surface area contributed by atoms with Gasteiger partial charge in [-0.15, -0.1) is 0 Å². The quantitative estimate of drug-likeness (QED) is 0.132. The number of aromatic nitrogens is 4. The molecule has 0 saturated carbocycles. The van der Waals surface area contributed by atoms with Gasteiger partial charge in [0.1, 0.15) is 11.7 Å². The number of benzene rings is 9. The molecular weight excluding hydrogens is 749 g/mol. The van der Waals surface area contributed by atoms with E-state index >= 15 is 0 Å². The van der Waals surface area contributed by atoms with E-state index in [0.29, 0.717) is 28.2 Å². The summed E-state index contributed by atoms with van der Waals surface area (Å²) in [5, 5.41) is 19.8. The second kappa shape index (κ2) is 12.4. The molecule has 0 saturated heterocycles. The average Bonchev–Trinajstić information content (AvgIpc) is 3.99. The van der Waals surface area contributed by atoms with Crippen LogP contribution in [-0.4, -0.2) is 19.1 Å². The molecule has 0 atom stereocenters. The molecule has 13 rings (SSSR count). The highest BCUT2D eigenvalue weighted by Crippen LogP contribution is 2.54. The van der Waals surface area contributed by atoms with E-state index in [-0.39, 0.29) is 0 Å². The van der Waals surface area contributed by atoms with Crippen LogP contribution in [-0.2, 0) is 0 Å². The van der Waals surface area contributed by atoms with Crippen molar-refractivity contribution in [3.05, 3.63) is 187 Å². The first kappa shape index (κ1) is 33.2. The van der Waals surface area contributed by atoms with E-state index in [4.69, 9.17) is 21.0 Å². The van der Waals surface area contributed by atoms with Crippen molar-refractivity contribution in [3.8, 4) is 39.7 Å². The Kier molecular flexibility index (Phi) is 6.73. The summed E-state index contributed by atoms with van der Waals surface area (Å²) in [5.74, 6) is 0. The van der Waals surface area contributed by atoms with Gasteiger partial charge < -0.3 is 13.6 Å². The van der Waals surface area contributed by atoms with Crippen molar-refractivity contribution in [2.75, 3.05) is 0 Å². The van der Waals surface area contributed by atoms with Crippen molar-refractivity contribution in [3.63, 3.8) is 0 Å². The predicted octanol–water partition coefficient (Wildman–Crippen LogP) is 14.1. The number of fused-ring (bicyclic) bond motifs is 10. The molecular formula is C54H28N6O. The van der Waals surface area contributed by atoms with Gasteiger partial charge in [0.2, 0.25) is 5.69 Å². The smallest absolute Gasteiger partial charge is 0.220 e. The van der Waals surface area contributed by atoms with Crippen LogP contribution in [0.5, 0.6) is 0 Å². The number of nitrogens with zero attached hydrogens (tertiary/aromatic N) is 6. The zero-order valence-electron chi connectivity index (χ0n) is 32.3. The number of hydrogen-bond acceptors (Lipinski definition) is 4. The summed E-state index contributed by atoms with van der Waals surface area (Å²) in [4.78, 5) is 14.2. The molecule has 4 aromatic heterocycles. The van der Waals surface area contributed by atoms with Crippen LogP contribution in [0.4, 0.5) is 5.69 Å². The Morgan fingerprint density at radius 1 is 0.508 bits per heavy atom. The van der Waals surface area contributed by atoms with Gasteiger partial charge in [-0.3, -0.25) is 9.97 Å². The first-order chi connectivity index (χ1) is 30.2. The van der Waals surface area contributed by atoms with E-state index < -0.39 is 0 Å². The summed E-state index contributed by atoms with van der Waals surface area (Å²) in [6.45, 7) is 9.16. The number of hydrogen-bond donors (Lipinski definition) is 0. The van der Waals surface area contributed by atoms with Crippen LogP contribution in [0.3, 0.4) is 0 Å². The minimum Gasteiger partial charge on any atom is -0.454 e. The zero-order valence-corrected chi connectivity index (χ0v) is 32.3. The predicted molar refractivity (Wildman–Crippen MR) is 246 cm³/mol. The van der Waals surface area contributed by atoms with E-state index in [2.05, 4.69) is 105 Å². The Bertz CT molecular complexity index is 3980. The minimum absolute atomic E-state index is 0.377. The molecule has 0 aliphatic heterocycles. The van der Waals surface area contributed by atoms with Crippen molar-refractivity contribution >= 4 is 93.0 Å². The summed E-state index contributed by atoms with van der Waals surface area (Å²) in [6.07, 6.45) is 3.49. The van der Waals surface area contributed by atoms with Gasteiger partial charge in [0.25, 0.3) is 0 Å². The van der Waals surface area contributed by atoms with Crippen LogP contribution in [0, 0.1) is 17.9 Å². The Labute approximate surface area is 347 Å². The van der Waals surface area contributed by atoms with Gasteiger partial charge >= 0.3 is 0 Å². The fourth-order valence-corrected chi connectivity index (χ4v) is 10.1. The first-order valence-electron chi connectivity index (χ1n) is 20.1. The SMILES string of the molecule is [C-]#[N+]c1c(-c2ccccc2)c(C#N)c(-n2c3ccccc3c3ccc4c5ccccc5oc4c32)c(-c2ccccc2)c1-n1c2cccc3c4nccnc4c4cccc1c4c32. The van der Waals surface area contributed by atoms with E-state index in [9.17, 15) is 5.26 Å². The highest BCUT2D eigenvalue weighted by Gasteiger charge is 2.33. The lowest BCUT2D eigenvalue weighted by Gasteiger charge is -2.25. The lowest BCUT2D eigenvalue weighted by atomic mass is 9.88. The van der Waals surface area contributed by atoms with Gasteiger partial charge in [0.15, 0.2) is 5.58 Å². The monoisotopic (exact) mass is 776 g/mol. The number of para-hydroxylation sites is 2. The third-order valence-corrected chi connectivity index (χ3v) is 12.4. The Morgan fingerprint density at radius 3 is 1.72 bits per heavy atom. The molecule has 280 valence electrons. The molecule has 0 bridgehead atoms. The van der Waals surface area contributed by atoms with E-state index in [1.54, 1.807) is 12.4 Å². The molecule has 0 fully saturated rings. The van der Waals surface area contributed by atoms with Crippen LogP contribution in [0.2, 0.25) is 0 Å². The standard InChI is InChI=1S/C54H28N6O/c1-56-50-44(31-14-4-2-5-15-31)39(30-55)51(60-40-22-10-8-18-33(40)35-26-27-36-34-19-9-11-25-43(34)61-54(36)52(35)60)45(32-16-6-3-7-17-32)53(50)59-41-23-12-20-37-46(41)47-38(21-13-24-42(47)59)49-48(37)57-28-29-58-49/h2-29H. The van der Waals surface area contributed by atoms with Crippen molar-refractivity contribution in [1.82, 2.24) is 19.1 Å². The Morgan fingerprint density at radius 2 is 1.07 bits per heavy atom. The molecule has 0 amide bonds. The van der Waals surface area contributed by atoms with Gasteiger partial charge in [0, 0.05) is 66.6 Å². The molecule has 0 unspecified atom stereocenters. The molecule has 9 aromatic carbocycles. The molecule has 13 aromatic rings. The van der Waals surface area contributed by atoms with Crippen LogP contribution in [0.1, 0.15) is 5.56 Å². The van der Waals surface area contributed by atoms with E-state index in [1.165, 1.54) is 0 Å². The molecule has 0 N–H and O–H groups in total. The molecule has 0 aliphatic carbocycles. The summed E-state index contributed by atoms with van der Waals surface area (Å²) < 4.78 is 11.3. The number of rotatable bonds is 4. The number of furan rings is 1. The topological polar surface area (TPSA) is 76.9 Å². The van der Waals surface area contributed by atoms with Gasteiger partial charge in [-0.1, -0.05) is 127 Å². The van der Waals surface area contributed by atoms with Gasteiger partial charge in [-0.05, 0) is 41.5 Å². The normalized spacial score (nSPS) is 11.9. The maximum Gasteiger partial charge on any atom is 0.220 e. The van der Waals surface area contributed by atoms with Gasteiger partial charge in [-0.25, -0.2) is 4.85 Å². The molecule has 0 aliphatic rings. The van der Waals surface area contributed by atoms with Crippen molar-refractivity contribution < 1.29 is 4.42 Å². The summed E-state index contributed by atoms with van der Waals surface area (Å²) in [5.41, 5.74) is 11.8. The van der Waals surface area contributed by atoms with Crippen LogP contribution in [0.25, 0.3) is 126 Å². The maximum atomic E-state index is 11.8. The fourth-order valence-electron chi connectivity index (χ4n) is 10.1. The minimum atomic E-state index is 0.377. The molecule has 0 spiro atoms. The molecule has 0 radical (unpaired) electrons. The van der Waals surface area contributed by atoms with Crippen LogP contribution in [0.15, 0.2) is 175 Å². The largest absolute Gasteiger partial charge is 0.454 e. The number of nitriles is 1. The highest BCUT2D eigenvalue weighted by atomic mass is 16.3. The van der Waals surface area contributed by atoms with Crippen LogP contribution >= 0.6 is 0 Å². The van der Waals surface area contributed by atoms with Crippen molar-refractivity contribution in [1.29, 1.82) is 5.26 Å². The molecule has 61 heavy (non-hydrogen) atoms. The van der Waals surface area contributed by atoms with E-state index in [0.717, 1.165) is 104 Å². The Hall–Kier alpha value is -8.78. The van der Waals surface area contributed by atoms with Crippen molar-refractivity contribution in [2.24, 2.45) is 0 Å². The van der Waals surface area contributed by atoms with Crippen LogP contribution < -0.4 is 0 Å². The zero-order chi connectivity index (χ0) is 40.3. The summed E-state index contributed by atoms with van der Waals surface area (Å²) in [7, 11) is 0. The highest BCUT2D eigenvalue weighted by molar-refractivity contribution is 6.33. The van der Waals surface area contributed by atoms with Gasteiger partial charge in [-0.2, -0.15) is 5.26 Å². The third-order valence-electron chi connectivity index (χ3n) is 12.4. The molecule has 7 nitrogen and oxygen atoms in total. The second-order valence-electron chi connectivity index (χ2n) is 15.4. The fraction of sp³-hybridized carbons (Fsp3) is 0. The molecule has 4 heterocycles. The average molecular weight is 777 g/mol. The lowest BCUT2D eigenvalue weighted by molar-refractivity contribution is 0.671. The maximum absolute atomic E-state index is 11.8. The molecule has 7 heteroatoms. The summed E-state index contributed by atoms with van der Waals surface area (Å²) in [6, 6.07) is 56.2. The first-order valence-corrected chi connectivity index (χ1v) is 20.1. The lowest BCUT2D eigenvalue weighted by Crippen LogP contribution is -2.08. The summed E-state index contributed by atoms with van der Waals surface area (Å²) >= 11 is 0. The second-order valence-corrected chi connectivity index (χ2v) is 15.4. The Balaban J connectivity index is 1.34. The van der Waals surface area contributed by atoms with E-state index in [1.807, 2.05) is 72.8 Å². The van der Waals surface area contributed by atoms with Crippen molar-refractivity contribution in [2.45, 2.75) is 0 Å². The van der Waals surface area contributed by atoms with Gasteiger partial charge in [0.05, 0.1) is 56.6 Å². The third kappa shape index (κ3) is 4.33.